The molecule has 0 spiro atoms. The summed E-state index contributed by atoms with van der Waals surface area (Å²) in [5.41, 5.74) is 0.436. The topological polar surface area (TPSA) is 40.6 Å². The van der Waals surface area contributed by atoms with E-state index in [2.05, 4.69) is 4.90 Å². The van der Waals surface area contributed by atoms with Crippen LogP contribution in [0.4, 0.5) is 4.39 Å². The molecule has 2 rings (SSSR count). The van der Waals surface area contributed by atoms with Gasteiger partial charge in [0.2, 0.25) is 10.0 Å². The van der Waals surface area contributed by atoms with Gasteiger partial charge < -0.3 is 4.90 Å². The van der Waals surface area contributed by atoms with Crippen molar-refractivity contribution in [2.45, 2.75) is 17.7 Å². The lowest BCUT2D eigenvalue weighted by Gasteiger charge is -2.33. The van der Waals surface area contributed by atoms with Crippen LogP contribution < -0.4 is 0 Å². The van der Waals surface area contributed by atoms with Crippen molar-refractivity contribution in [3.05, 3.63) is 29.6 Å². The zero-order valence-corrected chi connectivity index (χ0v) is 12.9. The smallest absolute Gasteiger partial charge is 0.243 e. The van der Waals surface area contributed by atoms with Gasteiger partial charge in [0.25, 0.3) is 0 Å². The maximum absolute atomic E-state index is 13.4. The minimum atomic E-state index is -3.68. The van der Waals surface area contributed by atoms with Gasteiger partial charge in [-0.25, -0.2) is 12.8 Å². The molecule has 0 N–H and O–H groups in total. The fraction of sp³-hybridized carbons (Fsp3) is 0.538. The maximum Gasteiger partial charge on any atom is 0.243 e. The van der Waals surface area contributed by atoms with Crippen LogP contribution in [0.3, 0.4) is 0 Å². The van der Waals surface area contributed by atoms with Crippen molar-refractivity contribution in [1.29, 1.82) is 0 Å². The number of rotatable bonds is 4. The largest absolute Gasteiger partial charge is 0.301 e. The predicted molar refractivity (Wildman–Crippen MR) is 76.8 cm³/mol. The fourth-order valence-electron chi connectivity index (χ4n) is 2.30. The van der Waals surface area contributed by atoms with E-state index in [9.17, 15) is 12.8 Å². The first kappa shape index (κ1) is 15.7. The molecular formula is C13H18ClFN2O2S. The van der Waals surface area contributed by atoms with Gasteiger partial charge >= 0.3 is 0 Å². The van der Waals surface area contributed by atoms with Crippen LogP contribution in [0.1, 0.15) is 12.5 Å². The Morgan fingerprint density at radius 1 is 1.25 bits per heavy atom. The quantitative estimate of drug-likeness (QED) is 0.796. The first-order chi connectivity index (χ1) is 9.48. The van der Waals surface area contributed by atoms with E-state index in [1.807, 2.05) is 6.92 Å². The van der Waals surface area contributed by atoms with E-state index in [-0.39, 0.29) is 10.8 Å². The van der Waals surface area contributed by atoms with Gasteiger partial charge in [-0.1, -0.05) is 13.0 Å². The van der Waals surface area contributed by atoms with Gasteiger partial charge in [-0.3, -0.25) is 0 Å². The molecule has 0 aliphatic carbocycles. The SMILES string of the molecule is CCN1CCN(S(=O)(=O)c2cc(F)ccc2CCl)CC1. The van der Waals surface area contributed by atoms with E-state index < -0.39 is 15.8 Å². The van der Waals surface area contributed by atoms with Crippen LogP contribution in [0.15, 0.2) is 23.1 Å². The number of hydrogen-bond acceptors (Lipinski definition) is 3. The summed E-state index contributed by atoms with van der Waals surface area (Å²) >= 11 is 5.76. The molecule has 1 aromatic rings. The Morgan fingerprint density at radius 2 is 1.90 bits per heavy atom. The minimum Gasteiger partial charge on any atom is -0.301 e. The highest BCUT2D eigenvalue weighted by Crippen LogP contribution is 2.24. The van der Waals surface area contributed by atoms with Crippen LogP contribution in [0, 0.1) is 5.82 Å². The van der Waals surface area contributed by atoms with Crippen LogP contribution in [-0.4, -0.2) is 50.3 Å². The van der Waals surface area contributed by atoms with Crippen molar-refractivity contribution in [2.24, 2.45) is 0 Å². The number of benzene rings is 1. The number of likely N-dealkylation sites (N-methyl/N-ethyl adjacent to an activating group) is 1. The predicted octanol–water partition coefficient (Wildman–Crippen LogP) is 1.89. The van der Waals surface area contributed by atoms with Gasteiger partial charge in [0.1, 0.15) is 5.82 Å². The summed E-state index contributed by atoms with van der Waals surface area (Å²) < 4.78 is 40.0. The lowest BCUT2D eigenvalue weighted by atomic mass is 10.2. The first-order valence-corrected chi connectivity index (χ1v) is 8.53. The Kier molecular flexibility index (Phi) is 5.01. The first-order valence-electron chi connectivity index (χ1n) is 6.56. The van der Waals surface area contributed by atoms with E-state index >= 15 is 0 Å². The van der Waals surface area contributed by atoms with Gasteiger partial charge in [0.05, 0.1) is 4.90 Å². The number of halogens is 2. The molecule has 1 aliphatic rings. The molecule has 7 heteroatoms. The molecule has 1 fully saturated rings. The molecule has 1 saturated heterocycles. The Balaban J connectivity index is 2.29. The standard InChI is InChI=1S/C13H18ClFN2O2S/c1-2-16-5-7-17(8-6-16)20(18,19)13-9-12(15)4-3-11(13)10-14/h3-4,9H,2,5-8,10H2,1H3. The number of hydrogen-bond donors (Lipinski definition) is 0. The minimum absolute atomic E-state index is 0.0163. The maximum atomic E-state index is 13.4. The average molecular weight is 321 g/mol. The molecule has 0 saturated carbocycles. The molecule has 20 heavy (non-hydrogen) atoms. The molecule has 0 unspecified atom stereocenters. The molecule has 112 valence electrons. The van der Waals surface area contributed by atoms with Crippen LogP contribution in [0.5, 0.6) is 0 Å². The molecule has 4 nitrogen and oxygen atoms in total. The molecule has 0 atom stereocenters. The zero-order valence-electron chi connectivity index (χ0n) is 11.3. The van der Waals surface area contributed by atoms with Crippen LogP contribution >= 0.6 is 11.6 Å². The lowest BCUT2D eigenvalue weighted by Crippen LogP contribution is -2.48. The van der Waals surface area contributed by atoms with Crippen molar-refractivity contribution >= 4 is 21.6 Å². The van der Waals surface area contributed by atoms with Gasteiger partial charge in [0, 0.05) is 32.1 Å². The van der Waals surface area contributed by atoms with E-state index in [4.69, 9.17) is 11.6 Å². The Labute approximate surface area is 124 Å². The number of nitrogens with zero attached hydrogens (tertiary/aromatic N) is 2. The summed E-state index contributed by atoms with van der Waals surface area (Å²) in [5.74, 6) is -0.520. The molecular weight excluding hydrogens is 303 g/mol. The van der Waals surface area contributed by atoms with E-state index in [0.717, 1.165) is 12.6 Å². The molecule has 1 aliphatic heterocycles. The summed E-state index contributed by atoms with van der Waals surface area (Å²) in [4.78, 5) is 2.16. The highest BCUT2D eigenvalue weighted by atomic mass is 35.5. The second-order valence-electron chi connectivity index (χ2n) is 4.72. The molecule has 1 heterocycles. The van der Waals surface area contributed by atoms with Gasteiger partial charge in [-0.05, 0) is 24.2 Å². The summed E-state index contributed by atoms with van der Waals surface area (Å²) in [6, 6.07) is 3.71. The highest BCUT2D eigenvalue weighted by Gasteiger charge is 2.30. The molecule has 1 aromatic carbocycles. The van der Waals surface area contributed by atoms with Crippen LogP contribution in [0.25, 0.3) is 0 Å². The Hall–Kier alpha value is -0.690. The van der Waals surface area contributed by atoms with Crippen molar-refractivity contribution in [2.75, 3.05) is 32.7 Å². The van der Waals surface area contributed by atoms with Crippen molar-refractivity contribution < 1.29 is 12.8 Å². The molecule has 0 bridgehead atoms. The molecule has 0 radical (unpaired) electrons. The highest BCUT2D eigenvalue weighted by molar-refractivity contribution is 7.89. The monoisotopic (exact) mass is 320 g/mol. The summed E-state index contributed by atoms with van der Waals surface area (Å²) in [6.07, 6.45) is 0. The lowest BCUT2D eigenvalue weighted by molar-refractivity contribution is 0.196. The summed E-state index contributed by atoms with van der Waals surface area (Å²) in [5, 5.41) is 0. The number of sulfonamides is 1. The Bertz CT molecular complexity index is 572. The van der Waals surface area contributed by atoms with Crippen molar-refractivity contribution in [1.82, 2.24) is 9.21 Å². The second-order valence-corrected chi connectivity index (χ2v) is 6.90. The normalized spacial score (nSPS) is 18.4. The van der Waals surface area contributed by atoms with E-state index in [1.165, 1.54) is 16.4 Å². The second kappa shape index (κ2) is 6.39. The number of piperazine rings is 1. The van der Waals surface area contributed by atoms with Crippen molar-refractivity contribution in [3.63, 3.8) is 0 Å². The van der Waals surface area contributed by atoms with Crippen molar-refractivity contribution in [3.8, 4) is 0 Å². The van der Waals surface area contributed by atoms with E-state index in [0.29, 0.717) is 31.7 Å². The third kappa shape index (κ3) is 3.14. The number of alkyl halides is 1. The summed E-state index contributed by atoms with van der Waals surface area (Å²) in [7, 11) is -3.68. The average Bonchev–Trinajstić information content (AvgIpc) is 2.47. The summed E-state index contributed by atoms with van der Waals surface area (Å²) in [6.45, 7) is 5.19. The van der Waals surface area contributed by atoms with Gasteiger partial charge in [0.15, 0.2) is 0 Å². The van der Waals surface area contributed by atoms with E-state index in [1.54, 1.807) is 0 Å². The van der Waals surface area contributed by atoms with Gasteiger partial charge in [-0.15, -0.1) is 11.6 Å². The van der Waals surface area contributed by atoms with Crippen LogP contribution in [-0.2, 0) is 15.9 Å². The third-order valence-corrected chi connectivity index (χ3v) is 5.84. The fourth-order valence-corrected chi connectivity index (χ4v) is 4.27. The van der Waals surface area contributed by atoms with Gasteiger partial charge in [-0.2, -0.15) is 4.31 Å². The zero-order chi connectivity index (χ0) is 14.8. The molecule has 0 amide bonds. The third-order valence-electron chi connectivity index (χ3n) is 3.57. The molecule has 0 aromatic heterocycles. The Morgan fingerprint density at radius 3 is 2.45 bits per heavy atom. The van der Waals surface area contributed by atoms with Crippen LogP contribution in [0.2, 0.25) is 0 Å².